The quantitative estimate of drug-likeness (QED) is 0.176. The van der Waals surface area contributed by atoms with Crippen LogP contribution in [0.25, 0.3) is 0 Å². The lowest BCUT2D eigenvalue weighted by atomic mass is 10.1. The zero-order valence-corrected chi connectivity index (χ0v) is 20.9. The summed E-state index contributed by atoms with van der Waals surface area (Å²) >= 11 is 0. The van der Waals surface area contributed by atoms with Crippen molar-refractivity contribution < 1.29 is 23.8 Å². The maximum atomic E-state index is 11.1. The van der Waals surface area contributed by atoms with E-state index in [1.807, 2.05) is 0 Å². The van der Waals surface area contributed by atoms with Crippen LogP contribution in [0.2, 0.25) is 0 Å². The maximum absolute atomic E-state index is 11.1. The van der Waals surface area contributed by atoms with Crippen LogP contribution in [0, 0.1) is 0 Å². The second-order valence-electron chi connectivity index (χ2n) is 8.47. The van der Waals surface area contributed by atoms with Crippen molar-refractivity contribution in [2.24, 2.45) is 0 Å². The molecule has 0 saturated carbocycles. The van der Waals surface area contributed by atoms with E-state index in [1.54, 1.807) is 13.8 Å². The third-order valence-corrected chi connectivity index (χ3v) is 5.17. The molecule has 1 aliphatic heterocycles. The van der Waals surface area contributed by atoms with E-state index in [-0.39, 0.29) is 11.9 Å². The zero-order valence-electron chi connectivity index (χ0n) is 20.9. The first-order valence-corrected chi connectivity index (χ1v) is 12.3. The topological polar surface area (TPSA) is 65.1 Å². The van der Waals surface area contributed by atoms with Crippen LogP contribution in [0.5, 0.6) is 0 Å². The first-order valence-electron chi connectivity index (χ1n) is 12.3. The molecule has 0 aromatic heterocycles. The van der Waals surface area contributed by atoms with Crippen LogP contribution in [0.15, 0.2) is 24.3 Å². The van der Waals surface area contributed by atoms with Crippen LogP contribution < -0.4 is 0 Å². The van der Waals surface area contributed by atoms with E-state index in [0.29, 0.717) is 24.4 Å². The van der Waals surface area contributed by atoms with Crippen molar-refractivity contribution in [1.82, 2.24) is 4.90 Å². The van der Waals surface area contributed by atoms with Crippen LogP contribution in [0.1, 0.15) is 85.0 Å². The van der Waals surface area contributed by atoms with Gasteiger partial charge in [-0.3, -0.25) is 4.90 Å². The van der Waals surface area contributed by atoms with E-state index in [9.17, 15) is 9.59 Å². The number of hydrogen-bond acceptors (Lipinski definition) is 6. The number of carbonyl (C=O) groups is 2. The van der Waals surface area contributed by atoms with Crippen LogP contribution in [-0.4, -0.2) is 62.9 Å². The lowest BCUT2D eigenvalue weighted by Crippen LogP contribution is -2.38. The minimum absolute atomic E-state index is 0.258. The summed E-state index contributed by atoms with van der Waals surface area (Å²) in [5.74, 6) is -0.566. The van der Waals surface area contributed by atoms with Gasteiger partial charge in [0.2, 0.25) is 0 Å². The summed E-state index contributed by atoms with van der Waals surface area (Å²) in [5, 5.41) is 0. The van der Waals surface area contributed by atoms with Gasteiger partial charge in [0, 0.05) is 30.8 Å². The molecule has 6 heteroatoms. The van der Waals surface area contributed by atoms with E-state index < -0.39 is 0 Å². The predicted molar refractivity (Wildman–Crippen MR) is 131 cm³/mol. The molecular formula is C26H47NO5. The molecule has 32 heavy (non-hydrogen) atoms. The molecule has 0 unspecified atom stereocenters. The highest BCUT2D eigenvalue weighted by Gasteiger charge is 2.10. The van der Waals surface area contributed by atoms with Gasteiger partial charge in [-0.1, -0.05) is 77.9 Å². The third-order valence-electron chi connectivity index (χ3n) is 5.17. The summed E-state index contributed by atoms with van der Waals surface area (Å²) < 4.78 is 15.2. The molecular weight excluding hydrogens is 406 g/mol. The Morgan fingerprint density at radius 3 is 1.66 bits per heavy atom. The number of esters is 2. The van der Waals surface area contributed by atoms with Crippen molar-refractivity contribution in [3.8, 4) is 0 Å². The van der Waals surface area contributed by atoms with Crippen molar-refractivity contribution in [1.29, 1.82) is 0 Å². The van der Waals surface area contributed by atoms with E-state index >= 15 is 0 Å². The molecule has 0 aromatic carbocycles. The lowest BCUT2D eigenvalue weighted by molar-refractivity contribution is -0.140. The average molecular weight is 454 g/mol. The smallest absolute Gasteiger partial charge is 0.333 e. The van der Waals surface area contributed by atoms with Crippen LogP contribution >= 0.6 is 0 Å². The largest absolute Gasteiger partial charge is 0.462 e. The number of nitrogens with zero attached hydrogens (tertiary/aromatic N) is 1. The van der Waals surface area contributed by atoms with E-state index in [2.05, 4.69) is 25.0 Å². The van der Waals surface area contributed by atoms with Gasteiger partial charge in [-0.25, -0.2) is 9.59 Å². The van der Waals surface area contributed by atoms with Gasteiger partial charge in [-0.2, -0.15) is 0 Å². The molecule has 0 N–H and O–H groups in total. The van der Waals surface area contributed by atoms with Gasteiger partial charge in [0.15, 0.2) is 0 Å². The molecule has 0 spiro atoms. The van der Waals surface area contributed by atoms with Gasteiger partial charge in [0.1, 0.15) is 6.61 Å². The second-order valence-corrected chi connectivity index (χ2v) is 8.47. The van der Waals surface area contributed by atoms with Gasteiger partial charge >= 0.3 is 11.9 Å². The third kappa shape index (κ3) is 19.1. The number of ether oxygens (including phenoxy) is 3. The number of morpholine rings is 1. The molecule has 1 saturated heterocycles. The number of unbranched alkanes of at least 4 members (excludes halogenated alkanes) is 9. The molecule has 0 radical (unpaired) electrons. The highest BCUT2D eigenvalue weighted by Crippen LogP contribution is 2.10. The summed E-state index contributed by atoms with van der Waals surface area (Å²) in [6.45, 7) is 17.8. The van der Waals surface area contributed by atoms with Crippen molar-refractivity contribution in [3.05, 3.63) is 24.3 Å². The Morgan fingerprint density at radius 2 is 1.19 bits per heavy atom. The summed E-state index contributed by atoms with van der Waals surface area (Å²) in [7, 11) is 0. The van der Waals surface area contributed by atoms with Crippen LogP contribution in [-0.2, 0) is 23.8 Å². The normalized spacial score (nSPS) is 13.6. The minimum Gasteiger partial charge on any atom is -0.462 e. The molecule has 1 fully saturated rings. The van der Waals surface area contributed by atoms with Crippen molar-refractivity contribution in [3.63, 3.8) is 0 Å². The molecule has 1 rings (SSSR count). The summed E-state index contributed by atoms with van der Waals surface area (Å²) in [5.41, 5.74) is 0.939. The Morgan fingerprint density at radius 1 is 0.750 bits per heavy atom. The fourth-order valence-electron chi connectivity index (χ4n) is 3.09. The first-order chi connectivity index (χ1) is 15.4. The SMILES string of the molecule is C=C(C)C(=O)OCCCCCCCCCCCC.C=C(C)C(=O)OCCN1CCOCC1. The second kappa shape index (κ2) is 21.2. The maximum Gasteiger partial charge on any atom is 0.333 e. The molecule has 186 valence electrons. The van der Waals surface area contributed by atoms with Crippen molar-refractivity contribution in [2.45, 2.75) is 85.0 Å². The van der Waals surface area contributed by atoms with Gasteiger partial charge in [0.25, 0.3) is 0 Å². The monoisotopic (exact) mass is 453 g/mol. The highest BCUT2D eigenvalue weighted by atomic mass is 16.5. The Labute approximate surface area is 196 Å². The van der Waals surface area contributed by atoms with Crippen LogP contribution in [0.3, 0.4) is 0 Å². The van der Waals surface area contributed by atoms with E-state index in [0.717, 1.165) is 39.3 Å². The summed E-state index contributed by atoms with van der Waals surface area (Å²) in [6.07, 6.45) is 13.0. The van der Waals surface area contributed by atoms with E-state index in [1.165, 1.54) is 57.8 Å². The lowest BCUT2D eigenvalue weighted by Gasteiger charge is -2.26. The predicted octanol–water partition coefficient (Wildman–Crippen LogP) is 5.46. The molecule has 6 nitrogen and oxygen atoms in total. The minimum atomic E-state index is -0.307. The summed E-state index contributed by atoms with van der Waals surface area (Å²) in [6, 6.07) is 0. The molecule has 0 bridgehead atoms. The van der Waals surface area contributed by atoms with Crippen molar-refractivity contribution >= 4 is 11.9 Å². The number of rotatable bonds is 16. The Bertz CT molecular complexity index is 526. The highest BCUT2D eigenvalue weighted by molar-refractivity contribution is 5.87. The standard InChI is InChI=1S/C16H30O2.C10H17NO3/c1-4-5-6-7-8-9-10-11-12-13-14-18-16(17)15(2)3;1-9(2)10(12)14-8-5-11-3-6-13-7-4-11/h2,4-14H2,1,3H3;1,3-8H2,2H3. The fourth-order valence-corrected chi connectivity index (χ4v) is 3.09. The molecule has 1 heterocycles. The Hall–Kier alpha value is -1.66. The van der Waals surface area contributed by atoms with Gasteiger partial charge in [0.05, 0.1) is 19.8 Å². The van der Waals surface area contributed by atoms with Crippen LogP contribution in [0.4, 0.5) is 0 Å². The fraction of sp³-hybridized carbons (Fsp3) is 0.769. The number of carbonyl (C=O) groups excluding carboxylic acids is 2. The van der Waals surface area contributed by atoms with Crippen molar-refractivity contribution in [2.75, 3.05) is 46.1 Å². The first kappa shape index (κ1) is 30.3. The molecule has 0 aliphatic carbocycles. The molecule has 0 atom stereocenters. The van der Waals surface area contributed by atoms with Gasteiger partial charge in [-0.05, 0) is 20.3 Å². The molecule has 0 amide bonds. The van der Waals surface area contributed by atoms with Gasteiger partial charge < -0.3 is 14.2 Å². The molecule has 1 aliphatic rings. The summed E-state index contributed by atoms with van der Waals surface area (Å²) in [4.78, 5) is 24.3. The van der Waals surface area contributed by atoms with Gasteiger partial charge in [-0.15, -0.1) is 0 Å². The number of hydrogen-bond donors (Lipinski definition) is 0. The van der Waals surface area contributed by atoms with E-state index in [4.69, 9.17) is 14.2 Å². The average Bonchev–Trinajstić information content (AvgIpc) is 2.78. The molecule has 0 aromatic rings. The Balaban J connectivity index is 0.000000618. The zero-order chi connectivity index (χ0) is 24.0. The Kier molecular flexibility index (Phi) is 20.1.